The molecule has 0 aliphatic rings. The molecule has 13 heteroatoms. The predicted octanol–water partition coefficient (Wildman–Crippen LogP) is -5.82. The summed E-state index contributed by atoms with van der Waals surface area (Å²) >= 11 is 0. The van der Waals surface area contributed by atoms with Gasteiger partial charge in [0.25, 0.3) is 0 Å². The minimum atomic E-state index is -1.30. The van der Waals surface area contributed by atoms with Crippen LogP contribution >= 0.6 is 0 Å². The summed E-state index contributed by atoms with van der Waals surface area (Å²) in [6.45, 7) is 0. The second-order valence-corrected chi connectivity index (χ2v) is 2.76. The summed E-state index contributed by atoms with van der Waals surface area (Å²) in [5.74, 6) is -2.61. The minimum Gasteiger partial charge on any atom is -0.543 e. The van der Waals surface area contributed by atoms with Crippen molar-refractivity contribution in [3.05, 3.63) is 48.6 Å². The molecule has 0 aliphatic heterocycles. The van der Waals surface area contributed by atoms with Crippen molar-refractivity contribution in [1.82, 2.24) is 19.9 Å². The van der Waals surface area contributed by atoms with Gasteiger partial charge in [0.1, 0.15) is 11.4 Å². The number of rotatable bonds is 2. The van der Waals surface area contributed by atoms with Crippen LogP contribution in [0.25, 0.3) is 0 Å². The predicted molar refractivity (Wildman–Crippen MR) is 69.7 cm³/mol. The number of hydrogen-bond donors (Lipinski definition) is 0. The van der Waals surface area contributed by atoms with Crippen LogP contribution in [0.15, 0.2) is 37.2 Å². The van der Waals surface area contributed by atoms with E-state index in [1.54, 1.807) is 0 Å². The fourth-order valence-corrected chi connectivity index (χ4v) is 0.809. The van der Waals surface area contributed by atoms with E-state index in [-0.39, 0.29) is 50.4 Å². The molecule has 129 valence electrons. The summed E-state index contributed by atoms with van der Waals surface area (Å²) < 4.78 is 0. The second kappa shape index (κ2) is 17.5. The van der Waals surface area contributed by atoms with Crippen molar-refractivity contribution in [2.75, 3.05) is 0 Å². The first-order valence-corrected chi connectivity index (χ1v) is 4.56. The molecule has 1 radical (unpaired) electrons. The molecule has 12 nitrogen and oxygen atoms in total. The Hall–Kier alpha value is -2.54. The normalized spacial score (nSPS) is 6.96. The molecular formula is C10H16MnN4O8+2. The monoisotopic (exact) mass is 375 g/mol. The molecule has 0 fully saturated rings. The molecule has 2 aromatic rings. The molecular weight excluding hydrogens is 359 g/mol. The Morgan fingerprint density at radius 1 is 0.739 bits per heavy atom. The van der Waals surface area contributed by atoms with E-state index in [0.717, 1.165) is 12.4 Å². The van der Waals surface area contributed by atoms with Gasteiger partial charge in [-0.05, 0) is 0 Å². The van der Waals surface area contributed by atoms with Crippen LogP contribution in [0.2, 0.25) is 0 Å². The van der Waals surface area contributed by atoms with Crippen molar-refractivity contribution in [3.8, 4) is 0 Å². The average molecular weight is 375 g/mol. The quantitative estimate of drug-likeness (QED) is 0.359. The molecule has 0 spiro atoms. The second-order valence-electron chi connectivity index (χ2n) is 2.76. The van der Waals surface area contributed by atoms with E-state index in [0.29, 0.717) is 0 Å². The van der Waals surface area contributed by atoms with Crippen LogP contribution in [-0.4, -0.2) is 42.8 Å². The largest absolute Gasteiger partial charge is 2.00 e. The molecule has 2 rings (SSSR count). The van der Waals surface area contributed by atoms with Gasteiger partial charge in [0.05, 0.1) is 24.3 Å². The first-order valence-electron chi connectivity index (χ1n) is 4.56. The third-order valence-electron chi connectivity index (χ3n) is 1.54. The maximum atomic E-state index is 9.99. The van der Waals surface area contributed by atoms with Crippen molar-refractivity contribution < 1.29 is 58.8 Å². The molecule has 0 aromatic carbocycles. The van der Waals surface area contributed by atoms with Crippen molar-refractivity contribution >= 4 is 11.9 Å². The Bertz CT molecular complexity index is 481. The van der Waals surface area contributed by atoms with E-state index < -0.39 is 11.9 Å². The van der Waals surface area contributed by atoms with Gasteiger partial charge in [-0.1, -0.05) is 0 Å². The molecule has 2 aromatic heterocycles. The van der Waals surface area contributed by atoms with E-state index in [4.69, 9.17) is 0 Å². The number of carboxylic acids is 2. The Kier molecular flexibility index (Phi) is 24.7. The van der Waals surface area contributed by atoms with Gasteiger partial charge in [0, 0.05) is 24.8 Å². The van der Waals surface area contributed by atoms with Crippen molar-refractivity contribution in [2.24, 2.45) is 0 Å². The number of carboxylic acid groups (broad SMARTS) is 2. The van der Waals surface area contributed by atoms with Crippen LogP contribution in [0, 0.1) is 0 Å². The number of aromatic nitrogens is 4. The molecule has 0 aliphatic carbocycles. The third kappa shape index (κ3) is 12.9. The smallest absolute Gasteiger partial charge is 0.543 e. The van der Waals surface area contributed by atoms with Crippen molar-refractivity contribution in [2.45, 2.75) is 0 Å². The van der Waals surface area contributed by atoms with Gasteiger partial charge in [0.15, 0.2) is 0 Å². The molecule has 23 heavy (non-hydrogen) atoms. The summed E-state index contributed by atoms with van der Waals surface area (Å²) in [7, 11) is 0. The Morgan fingerprint density at radius 2 is 1.04 bits per heavy atom. The number of nitrogens with zero attached hydrogens (tertiary/aromatic N) is 4. The number of carbonyl (C=O) groups excluding carboxylic acids is 2. The zero-order chi connectivity index (χ0) is 13.4. The SMILES string of the molecule is O.O.O=C([O-])c1cnccn1.O=C([O-])c1cnccn1.[Mn+2].[OH3+].[OH3+]. The van der Waals surface area contributed by atoms with Gasteiger partial charge in [-0.25, -0.2) is 0 Å². The maximum Gasteiger partial charge on any atom is 2.00 e. The van der Waals surface area contributed by atoms with E-state index in [1.807, 2.05) is 0 Å². The zero-order valence-corrected chi connectivity index (χ0v) is 12.6. The summed E-state index contributed by atoms with van der Waals surface area (Å²) in [5.41, 5.74) is -0.282. The summed E-state index contributed by atoms with van der Waals surface area (Å²) in [6.07, 6.45) is 7.65. The van der Waals surface area contributed by atoms with Crippen LogP contribution in [0.4, 0.5) is 0 Å². The third-order valence-corrected chi connectivity index (χ3v) is 1.54. The van der Waals surface area contributed by atoms with Gasteiger partial charge in [-0.15, -0.1) is 0 Å². The maximum absolute atomic E-state index is 9.99. The van der Waals surface area contributed by atoms with Crippen molar-refractivity contribution in [3.63, 3.8) is 0 Å². The molecule has 0 saturated carbocycles. The van der Waals surface area contributed by atoms with Gasteiger partial charge in [-0.3, -0.25) is 19.9 Å². The number of aromatic carboxylic acids is 2. The van der Waals surface area contributed by atoms with Gasteiger partial charge in [0.2, 0.25) is 0 Å². The van der Waals surface area contributed by atoms with E-state index in [1.165, 1.54) is 24.8 Å². The summed E-state index contributed by atoms with van der Waals surface area (Å²) in [6, 6.07) is 0. The molecule has 0 amide bonds. The molecule has 10 N–H and O–H groups in total. The molecule has 0 unspecified atom stereocenters. The number of hydrogen-bond acceptors (Lipinski definition) is 8. The van der Waals surface area contributed by atoms with Crippen LogP contribution in [-0.2, 0) is 28.0 Å². The Morgan fingerprint density at radius 3 is 1.17 bits per heavy atom. The van der Waals surface area contributed by atoms with Crippen LogP contribution < -0.4 is 10.2 Å². The molecule has 0 bridgehead atoms. The number of carbonyl (C=O) groups is 2. The summed E-state index contributed by atoms with van der Waals surface area (Å²) in [4.78, 5) is 33.9. The van der Waals surface area contributed by atoms with Gasteiger partial charge in [-0.2, -0.15) is 0 Å². The fourth-order valence-electron chi connectivity index (χ4n) is 0.809. The van der Waals surface area contributed by atoms with E-state index >= 15 is 0 Å². The minimum absolute atomic E-state index is 0. The van der Waals surface area contributed by atoms with Crippen LogP contribution in [0.1, 0.15) is 21.0 Å². The van der Waals surface area contributed by atoms with Gasteiger partial charge >= 0.3 is 17.1 Å². The van der Waals surface area contributed by atoms with Crippen molar-refractivity contribution in [1.29, 1.82) is 0 Å². The molecule has 2 heterocycles. The summed E-state index contributed by atoms with van der Waals surface area (Å²) in [5, 5.41) is 20.0. The van der Waals surface area contributed by atoms with Crippen LogP contribution in [0.3, 0.4) is 0 Å². The molecule has 0 atom stereocenters. The van der Waals surface area contributed by atoms with E-state index in [2.05, 4.69) is 19.9 Å². The first-order chi connectivity index (χ1) is 8.61. The van der Waals surface area contributed by atoms with E-state index in [9.17, 15) is 19.8 Å². The van der Waals surface area contributed by atoms with Gasteiger partial charge < -0.3 is 41.7 Å². The Labute approximate surface area is 140 Å². The zero-order valence-electron chi connectivity index (χ0n) is 11.4. The van der Waals surface area contributed by atoms with Crippen LogP contribution in [0.5, 0.6) is 0 Å². The standard InChI is InChI=1S/2C5H4N2O2.Mn.4H2O/c2*8-5(9)4-3-6-1-2-7-4;;;;;/h2*1-3H,(H,8,9);;4*1H2/q;;+2;;;;. The fraction of sp³-hybridized carbons (Fsp3) is 0. The first kappa shape index (κ1) is 32.4. The topological polar surface area (TPSA) is 261 Å². The Balaban J connectivity index is -0.0000000771. The molecule has 0 saturated heterocycles. The average Bonchev–Trinajstić information content (AvgIpc) is 2.41.